The average Bonchev–Trinajstić information content (AvgIpc) is 3.29. The van der Waals surface area contributed by atoms with Gasteiger partial charge in [-0.15, -0.1) is 11.3 Å². The number of anilines is 1. The van der Waals surface area contributed by atoms with E-state index in [4.69, 9.17) is 16.3 Å². The minimum absolute atomic E-state index is 0.00422. The molecule has 5 nitrogen and oxygen atoms in total. The zero-order chi connectivity index (χ0) is 21.4. The molecular formula is C23H18ClNO4S. The largest absolute Gasteiger partial charge is 0.507 e. The van der Waals surface area contributed by atoms with E-state index in [1.165, 1.54) is 23.3 Å². The number of thiophene rings is 1. The first-order chi connectivity index (χ1) is 14.4. The van der Waals surface area contributed by atoms with Crippen LogP contribution in [0.3, 0.4) is 0 Å². The van der Waals surface area contributed by atoms with E-state index in [1.54, 1.807) is 42.5 Å². The van der Waals surface area contributed by atoms with E-state index in [2.05, 4.69) is 0 Å². The molecule has 2 aromatic carbocycles. The number of halogens is 1. The SMILES string of the molecule is COc1ccc(Cl)c(/C(O)=C2\C(=O)C(=O)N(c3ccccc3)C2c2sccc2C)c1. The molecule has 1 fully saturated rings. The fourth-order valence-corrected chi connectivity index (χ4v) is 4.79. The third kappa shape index (κ3) is 3.28. The van der Waals surface area contributed by atoms with E-state index in [0.717, 1.165) is 10.4 Å². The number of hydrogen-bond acceptors (Lipinski definition) is 5. The molecule has 1 atom stereocenters. The summed E-state index contributed by atoms with van der Waals surface area (Å²) in [6, 6.07) is 14.9. The van der Waals surface area contributed by atoms with Crippen LogP contribution in [-0.2, 0) is 9.59 Å². The topological polar surface area (TPSA) is 66.8 Å². The summed E-state index contributed by atoms with van der Waals surface area (Å²) < 4.78 is 5.23. The van der Waals surface area contributed by atoms with Gasteiger partial charge in [0.15, 0.2) is 0 Å². The predicted octanol–water partition coefficient (Wildman–Crippen LogP) is 5.34. The van der Waals surface area contributed by atoms with Crippen molar-refractivity contribution in [2.45, 2.75) is 13.0 Å². The molecule has 2 heterocycles. The lowest BCUT2D eigenvalue weighted by Crippen LogP contribution is -2.29. The van der Waals surface area contributed by atoms with Gasteiger partial charge in [0.1, 0.15) is 17.6 Å². The van der Waals surface area contributed by atoms with Gasteiger partial charge >= 0.3 is 0 Å². The number of hydrogen-bond donors (Lipinski definition) is 1. The Kier molecular flexibility index (Phi) is 5.37. The highest BCUT2D eigenvalue weighted by atomic mass is 35.5. The lowest BCUT2D eigenvalue weighted by molar-refractivity contribution is -0.132. The molecule has 0 spiro atoms. The Labute approximate surface area is 182 Å². The van der Waals surface area contributed by atoms with Crippen molar-refractivity contribution < 1.29 is 19.4 Å². The number of carbonyl (C=O) groups is 2. The number of aliphatic hydroxyl groups excluding tert-OH is 1. The van der Waals surface area contributed by atoms with Gasteiger partial charge in [-0.2, -0.15) is 0 Å². The molecule has 1 aliphatic rings. The van der Waals surface area contributed by atoms with Gasteiger partial charge in [0.2, 0.25) is 0 Å². The van der Waals surface area contributed by atoms with E-state index in [1.807, 2.05) is 24.4 Å². The maximum absolute atomic E-state index is 13.1. The highest BCUT2D eigenvalue weighted by molar-refractivity contribution is 7.10. The Balaban J connectivity index is 1.98. The van der Waals surface area contributed by atoms with Crippen molar-refractivity contribution in [3.8, 4) is 5.75 Å². The van der Waals surface area contributed by atoms with E-state index in [0.29, 0.717) is 11.4 Å². The number of amides is 1. The highest BCUT2D eigenvalue weighted by Crippen LogP contribution is 2.45. The Morgan fingerprint density at radius 1 is 1.13 bits per heavy atom. The van der Waals surface area contributed by atoms with Crippen molar-refractivity contribution in [3.63, 3.8) is 0 Å². The molecule has 4 rings (SSSR count). The monoisotopic (exact) mass is 439 g/mol. The number of para-hydroxylation sites is 1. The summed E-state index contributed by atoms with van der Waals surface area (Å²) in [6.45, 7) is 1.91. The van der Waals surface area contributed by atoms with Crippen molar-refractivity contribution >= 4 is 46.1 Å². The van der Waals surface area contributed by atoms with Crippen LogP contribution >= 0.6 is 22.9 Å². The normalized spacial score (nSPS) is 18.1. The number of Topliss-reactive ketones (excluding diaryl/α,β-unsaturated/α-hetero) is 1. The maximum atomic E-state index is 13.1. The number of rotatable bonds is 4. The summed E-state index contributed by atoms with van der Waals surface area (Å²) in [4.78, 5) is 28.4. The molecule has 0 saturated carbocycles. The van der Waals surface area contributed by atoms with Crippen LogP contribution in [0.25, 0.3) is 5.76 Å². The summed E-state index contributed by atoms with van der Waals surface area (Å²) >= 11 is 7.74. The van der Waals surface area contributed by atoms with E-state index in [9.17, 15) is 14.7 Å². The summed E-state index contributed by atoms with van der Waals surface area (Å²) in [5, 5.41) is 13.3. The zero-order valence-corrected chi connectivity index (χ0v) is 17.8. The minimum atomic E-state index is -0.756. The number of ether oxygens (including phenoxy) is 1. The number of benzene rings is 2. The van der Waals surface area contributed by atoms with Crippen LogP contribution in [0.15, 0.2) is 65.6 Å². The van der Waals surface area contributed by atoms with Crippen LogP contribution in [-0.4, -0.2) is 23.9 Å². The summed E-state index contributed by atoms with van der Waals surface area (Å²) in [7, 11) is 1.50. The lowest BCUT2D eigenvalue weighted by Gasteiger charge is -2.25. The van der Waals surface area contributed by atoms with Gasteiger partial charge in [0.05, 0.1) is 17.7 Å². The van der Waals surface area contributed by atoms with Crippen molar-refractivity contribution in [2.24, 2.45) is 0 Å². The van der Waals surface area contributed by atoms with Crippen LogP contribution in [0, 0.1) is 6.92 Å². The highest BCUT2D eigenvalue weighted by Gasteiger charge is 2.48. The Hall–Kier alpha value is -3.09. The quantitative estimate of drug-likeness (QED) is 0.338. The smallest absolute Gasteiger partial charge is 0.300 e. The molecule has 1 saturated heterocycles. The van der Waals surface area contributed by atoms with Crippen LogP contribution in [0.5, 0.6) is 5.75 Å². The van der Waals surface area contributed by atoms with E-state index < -0.39 is 17.7 Å². The van der Waals surface area contributed by atoms with Gasteiger partial charge in [-0.1, -0.05) is 29.8 Å². The summed E-state index contributed by atoms with van der Waals surface area (Å²) in [5.74, 6) is -1.30. The lowest BCUT2D eigenvalue weighted by atomic mass is 9.98. The first-order valence-corrected chi connectivity index (χ1v) is 10.4. The van der Waals surface area contributed by atoms with Crippen LogP contribution in [0.2, 0.25) is 5.02 Å². The summed E-state index contributed by atoms with van der Waals surface area (Å²) in [6.07, 6.45) is 0. The molecule has 0 radical (unpaired) electrons. The number of methoxy groups -OCH3 is 1. The molecule has 152 valence electrons. The van der Waals surface area contributed by atoms with Crippen LogP contribution in [0.1, 0.15) is 22.0 Å². The van der Waals surface area contributed by atoms with Crippen molar-refractivity contribution in [1.29, 1.82) is 0 Å². The number of ketones is 1. The molecule has 0 aliphatic carbocycles. The summed E-state index contributed by atoms with van der Waals surface area (Å²) in [5.41, 5.74) is 1.74. The van der Waals surface area contributed by atoms with E-state index >= 15 is 0 Å². The molecule has 1 aromatic heterocycles. The first-order valence-electron chi connectivity index (χ1n) is 9.18. The van der Waals surface area contributed by atoms with Crippen molar-refractivity contribution in [3.05, 3.63) is 86.6 Å². The molecule has 3 aromatic rings. The van der Waals surface area contributed by atoms with Gasteiger partial charge in [0, 0.05) is 16.1 Å². The average molecular weight is 440 g/mol. The predicted molar refractivity (Wildman–Crippen MR) is 118 cm³/mol. The number of aliphatic hydroxyl groups is 1. The second kappa shape index (κ2) is 7.97. The van der Waals surface area contributed by atoms with Gasteiger partial charge in [-0.05, 0) is 54.3 Å². The molecule has 1 aliphatic heterocycles. The number of carbonyl (C=O) groups excluding carboxylic acids is 2. The minimum Gasteiger partial charge on any atom is -0.507 e. The Bertz CT molecular complexity index is 1170. The van der Waals surface area contributed by atoms with Crippen molar-refractivity contribution in [1.82, 2.24) is 0 Å². The molecule has 1 N–H and O–H groups in total. The van der Waals surface area contributed by atoms with Crippen molar-refractivity contribution in [2.75, 3.05) is 12.0 Å². The number of aryl methyl sites for hydroxylation is 1. The third-order valence-corrected chi connectivity index (χ3v) is 6.46. The van der Waals surface area contributed by atoms with Crippen LogP contribution in [0.4, 0.5) is 5.69 Å². The maximum Gasteiger partial charge on any atom is 0.300 e. The fourth-order valence-electron chi connectivity index (χ4n) is 3.56. The first kappa shape index (κ1) is 20.2. The molecule has 1 amide bonds. The Morgan fingerprint density at radius 3 is 2.50 bits per heavy atom. The number of nitrogens with zero attached hydrogens (tertiary/aromatic N) is 1. The van der Waals surface area contributed by atoms with Gasteiger partial charge < -0.3 is 9.84 Å². The second-order valence-corrected chi connectivity index (χ2v) is 8.17. The molecule has 30 heavy (non-hydrogen) atoms. The van der Waals surface area contributed by atoms with E-state index in [-0.39, 0.29) is 21.9 Å². The zero-order valence-electron chi connectivity index (χ0n) is 16.3. The molecular weight excluding hydrogens is 422 g/mol. The molecule has 0 bridgehead atoms. The van der Waals surface area contributed by atoms with Crippen LogP contribution < -0.4 is 9.64 Å². The Morgan fingerprint density at radius 2 is 1.87 bits per heavy atom. The van der Waals surface area contributed by atoms with Gasteiger partial charge in [-0.3, -0.25) is 14.5 Å². The molecule has 1 unspecified atom stereocenters. The second-order valence-electron chi connectivity index (χ2n) is 6.82. The van der Waals surface area contributed by atoms with Gasteiger partial charge in [0.25, 0.3) is 11.7 Å². The standard InChI is InChI=1S/C23H18ClNO4S/c1-13-10-11-30-22(13)19-18(20(26)16-12-15(29-2)8-9-17(16)24)21(27)23(28)25(19)14-6-4-3-5-7-14/h3-12,19,26H,1-2H3/b20-18+. The molecule has 7 heteroatoms. The fraction of sp³-hybridized carbons (Fsp3) is 0.130. The van der Waals surface area contributed by atoms with Gasteiger partial charge in [-0.25, -0.2) is 0 Å². The third-order valence-electron chi connectivity index (χ3n) is 5.06.